The first-order chi connectivity index (χ1) is 12.0. The Morgan fingerprint density at radius 1 is 1.12 bits per heavy atom. The summed E-state index contributed by atoms with van der Waals surface area (Å²) < 4.78 is 5.41. The summed E-state index contributed by atoms with van der Waals surface area (Å²) in [4.78, 5) is 2.36. The van der Waals surface area contributed by atoms with Gasteiger partial charge in [0.25, 0.3) is 0 Å². The van der Waals surface area contributed by atoms with E-state index in [1.807, 2.05) is 6.21 Å². The van der Waals surface area contributed by atoms with Crippen LogP contribution in [-0.4, -0.2) is 38.2 Å². The topological polar surface area (TPSA) is 37.2 Å². The third-order valence-electron chi connectivity index (χ3n) is 7.17. The highest BCUT2D eigenvalue weighted by Gasteiger charge is 2.59. The number of morpholine rings is 1. The van der Waals surface area contributed by atoms with Crippen molar-refractivity contribution in [3.8, 4) is 0 Å². The van der Waals surface area contributed by atoms with Crippen LogP contribution in [0, 0.1) is 16.7 Å². The molecular formula is C21H29N3O. The Kier molecular flexibility index (Phi) is 4.19. The zero-order valence-electron chi connectivity index (χ0n) is 15.7. The molecule has 2 unspecified atom stereocenters. The molecule has 3 fully saturated rings. The molecule has 1 aromatic carbocycles. The first-order valence-corrected chi connectivity index (χ1v) is 9.54. The quantitative estimate of drug-likeness (QED) is 0.613. The van der Waals surface area contributed by atoms with Crippen molar-refractivity contribution in [2.45, 2.75) is 40.0 Å². The normalized spacial score (nSPS) is 32.8. The van der Waals surface area contributed by atoms with Crippen LogP contribution in [0.25, 0.3) is 0 Å². The molecule has 2 saturated carbocycles. The standard InChI is InChI=1S/C21H29N3O/c1-20(2)17-8-9-21(20,3)19(14-17)23-22-15-16-4-6-18(7-5-16)24-10-12-25-13-11-24/h4-7,15,17H,8-14H2,1-3H3/b22-15+,23-19+. The molecule has 0 spiro atoms. The van der Waals surface area contributed by atoms with Crippen LogP contribution in [0.15, 0.2) is 34.5 Å². The van der Waals surface area contributed by atoms with Crippen LogP contribution < -0.4 is 4.90 Å². The SMILES string of the molecule is CC12CCC(C/C1=N\N=C\c1ccc(N3CCOCC3)cc1)C2(C)C. The maximum Gasteiger partial charge on any atom is 0.0642 e. The first-order valence-electron chi connectivity index (χ1n) is 9.54. The largest absolute Gasteiger partial charge is 0.378 e. The van der Waals surface area contributed by atoms with E-state index in [0.717, 1.165) is 44.2 Å². The van der Waals surface area contributed by atoms with Crippen molar-refractivity contribution >= 4 is 17.6 Å². The molecule has 0 aromatic heterocycles. The second-order valence-electron chi connectivity index (χ2n) is 8.48. The Morgan fingerprint density at radius 3 is 2.44 bits per heavy atom. The Bertz CT molecular complexity index is 686. The Morgan fingerprint density at radius 2 is 1.84 bits per heavy atom. The molecule has 2 aliphatic carbocycles. The summed E-state index contributed by atoms with van der Waals surface area (Å²) in [6.07, 6.45) is 5.61. The lowest BCUT2D eigenvalue weighted by Gasteiger charge is -2.34. The van der Waals surface area contributed by atoms with E-state index in [4.69, 9.17) is 4.74 Å². The number of hydrogen-bond donors (Lipinski definition) is 0. The van der Waals surface area contributed by atoms with Crippen LogP contribution in [0.1, 0.15) is 45.6 Å². The first kappa shape index (κ1) is 16.8. The van der Waals surface area contributed by atoms with Gasteiger partial charge in [0.15, 0.2) is 0 Å². The minimum atomic E-state index is 0.231. The van der Waals surface area contributed by atoms with E-state index < -0.39 is 0 Å². The average Bonchev–Trinajstić information content (AvgIpc) is 2.96. The van der Waals surface area contributed by atoms with Gasteiger partial charge >= 0.3 is 0 Å². The zero-order valence-corrected chi connectivity index (χ0v) is 15.7. The van der Waals surface area contributed by atoms with Crippen molar-refractivity contribution in [1.82, 2.24) is 0 Å². The molecule has 1 heterocycles. The predicted octanol–water partition coefficient (Wildman–Crippen LogP) is 4.14. The fraction of sp³-hybridized carbons (Fsp3) is 0.619. The van der Waals surface area contributed by atoms with E-state index >= 15 is 0 Å². The van der Waals surface area contributed by atoms with Gasteiger partial charge in [-0.3, -0.25) is 0 Å². The maximum absolute atomic E-state index is 5.41. The van der Waals surface area contributed by atoms with Crippen molar-refractivity contribution in [2.75, 3.05) is 31.2 Å². The predicted molar refractivity (Wildman–Crippen MR) is 104 cm³/mol. The Hall–Kier alpha value is -1.68. The van der Waals surface area contributed by atoms with Gasteiger partial charge in [-0.05, 0) is 48.3 Å². The molecule has 0 radical (unpaired) electrons. The zero-order chi connectivity index (χ0) is 17.5. The van der Waals surface area contributed by atoms with Gasteiger partial charge in [0, 0.05) is 29.9 Å². The molecule has 0 amide bonds. The lowest BCUT2D eigenvalue weighted by Crippen LogP contribution is -2.36. The van der Waals surface area contributed by atoms with Gasteiger partial charge < -0.3 is 9.64 Å². The number of fused-ring (bicyclic) bond motifs is 2. The second-order valence-corrected chi connectivity index (χ2v) is 8.48. The summed E-state index contributed by atoms with van der Waals surface area (Å²) in [6, 6.07) is 8.59. The van der Waals surface area contributed by atoms with E-state index in [-0.39, 0.29) is 5.41 Å². The average molecular weight is 339 g/mol. The van der Waals surface area contributed by atoms with Crippen molar-refractivity contribution in [3.63, 3.8) is 0 Å². The van der Waals surface area contributed by atoms with E-state index in [1.165, 1.54) is 24.2 Å². The van der Waals surface area contributed by atoms with Gasteiger partial charge in [-0.2, -0.15) is 10.2 Å². The second kappa shape index (κ2) is 6.24. The summed E-state index contributed by atoms with van der Waals surface area (Å²) >= 11 is 0. The molecule has 4 nitrogen and oxygen atoms in total. The van der Waals surface area contributed by atoms with Gasteiger partial charge in [0.05, 0.1) is 19.4 Å². The van der Waals surface area contributed by atoms with Gasteiger partial charge in [-0.1, -0.05) is 32.9 Å². The molecule has 1 saturated heterocycles. The van der Waals surface area contributed by atoms with Crippen LogP contribution in [0.4, 0.5) is 5.69 Å². The van der Waals surface area contributed by atoms with Crippen LogP contribution in [0.5, 0.6) is 0 Å². The molecule has 4 rings (SSSR count). The Labute approximate surface area is 151 Å². The van der Waals surface area contributed by atoms with E-state index in [2.05, 4.69) is 60.1 Å². The number of anilines is 1. The molecule has 0 N–H and O–H groups in total. The van der Waals surface area contributed by atoms with Crippen molar-refractivity contribution in [2.24, 2.45) is 27.0 Å². The highest BCUT2D eigenvalue weighted by Crippen LogP contribution is 2.63. The fourth-order valence-corrected chi connectivity index (χ4v) is 4.84. The smallest absolute Gasteiger partial charge is 0.0642 e. The molecule has 1 aliphatic heterocycles. The minimum Gasteiger partial charge on any atom is -0.378 e. The van der Waals surface area contributed by atoms with Crippen molar-refractivity contribution in [3.05, 3.63) is 29.8 Å². The molecule has 2 bridgehead atoms. The van der Waals surface area contributed by atoms with Gasteiger partial charge in [-0.25, -0.2) is 0 Å². The molecule has 3 aliphatic rings. The van der Waals surface area contributed by atoms with Crippen molar-refractivity contribution in [1.29, 1.82) is 0 Å². The summed E-state index contributed by atoms with van der Waals surface area (Å²) in [7, 11) is 0. The van der Waals surface area contributed by atoms with Crippen LogP contribution in [0.3, 0.4) is 0 Å². The molecule has 1 aromatic rings. The maximum atomic E-state index is 5.41. The van der Waals surface area contributed by atoms with Crippen LogP contribution >= 0.6 is 0 Å². The van der Waals surface area contributed by atoms with E-state index in [0.29, 0.717) is 5.41 Å². The van der Waals surface area contributed by atoms with E-state index in [9.17, 15) is 0 Å². The number of rotatable bonds is 3. The van der Waals surface area contributed by atoms with Crippen LogP contribution in [0.2, 0.25) is 0 Å². The highest BCUT2D eigenvalue weighted by atomic mass is 16.5. The highest BCUT2D eigenvalue weighted by molar-refractivity contribution is 5.94. The number of nitrogens with zero attached hydrogens (tertiary/aromatic N) is 3. The van der Waals surface area contributed by atoms with Gasteiger partial charge in [0.2, 0.25) is 0 Å². The lowest BCUT2D eigenvalue weighted by atomic mass is 9.70. The van der Waals surface area contributed by atoms with Gasteiger partial charge in [-0.15, -0.1) is 0 Å². The summed E-state index contributed by atoms with van der Waals surface area (Å²) in [5, 5.41) is 9.06. The molecular weight excluding hydrogens is 310 g/mol. The minimum absolute atomic E-state index is 0.231. The number of benzene rings is 1. The van der Waals surface area contributed by atoms with Gasteiger partial charge in [0.1, 0.15) is 0 Å². The Balaban J connectivity index is 1.44. The monoisotopic (exact) mass is 339 g/mol. The van der Waals surface area contributed by atoms with Crippen LogP contribution in [-0.2, 0) is 4.74 Å². The number of hydrogen-bond acceptors (Lipinski definition) is 4. The van der Waals surface area contributed by atoms with Crippen molar-refractivity contribution < 1.29 is 4.74 Å². The molecule has 4 heteroatoms. The molecule has 134 valence electrons. The third-order valence-corrected chi connectivity index (χ3v) is 7.17. The summed E-state index contributed by atoms with van der Waals surface area (Å²) in [5.74, 6) is 0.777. The van der Waals surface area contributed by atoms with E-state index in [1.54, 1.807) is 0 Å². The third kappa shape index (κ3) is 2.80. The lowest BCUT2D eigenvalue weighted by molar-refractivity contribution is 0.122. The molecule has 2 atom stereocenters. The fourth-order valence-electron chi connectivity index (χ4n) is 4.84. The number of ether oxygens (including phenoxy) is 1. The summed E-state index contributed by atoms with van der Waals surface area (Å²) in [6.45, 7) is 10.8. The summed E-state index contributed by atoms with van der Waals surface area (Å²) in [5.41, 5.74) is 4.26. The molecule has 25 heavy (non-hydrogen) atoms.